The lowest BCUT2D eigenvalue weighted by molar-refractivity contribution is 0.599. The fraction of sp³-hybridized carbons (Fsp3) is 0.143. The summed E-state index contributed by atoms with van der Waals surface area (Å²) in [4.78, 5) is 0. The predicted octanol–water partition coefficient (Wildman–Crippen LogP) is 6.83. The molecule has 0 fully saturated rings. The van der Waals surface area contributed by atoms with Gasteiger partial charge < -0.3 is 5.32 Å². The Balaban J connectivity index is 2.30. The summed E-state index contributed by atoms with van der Waals surface area (Å²) in [6.07, 6.45) is 0. The van der Waals surface area contributed by atoms with Gasteiger partial charge in [-0.2, -0.15) is 0 Å². The molecule has 0 aliphatic rings. The van der Waals surface area contributed by atoms with Crippen molar-refractivity contribution in [1.82, 2.24) is 0 Å². The number of hydrogen-bond acceptors (Lipinski definition) is 1. The molecule has 2 aromatic carbocycles. The van der Waals surface area contributed by atoms with E-state index in [2.05, 4.69) is 37.2 Å². The zero-order valence-corrected chi connectivity index (χ0v) is 15.0. The fourth-order valence-corrected chi connectivity index (χ4v) is 3.48. The third kappa shape index (κ3) is 3.67. The molecule has 0 radical (unpaired) electrons. The predicted molar refractivity (Wildman–Crippen MR) is 90.3 cm³/mol. The molecule has 0 amide bonds. The van der Waals surface area contributed by atoms with Gasteiger partial charge in [-0.3, -0.25) is 0 Å². The molecule has 2 rings (SSSR count). The number of benzene rings is 2. The fourth-order valence-electron chi connectivity index (χ4n) is 1.83. The van der Waals surface area contributed by atoms with Gasteiger partial charge in [0.1, 0.15) is 5.82 Å². The molecule has 1 nitrogen and oxygen atoms in total. The van der Waals surface area contributed by atoms with Crippen LogP contribution in [0, 0.1) is 5.82 Å². The number of halogens is 5. The maximum atomic E-state index is 13.9. The van der Waals surface area contributed by atoms with E-state index in [1.165, 1.54) is 6.07 Å². The molecule has 106 valence electrons. The van der Waals surface area contributed by atoms with E-state index >= 15 is 0 Å². The molecule has 1 atom stereocenters. The van der Waals surface area contributed by atoms with Gasteiger partial charge in [0.2, 0.25) is 0 Å². The lowest BCUT2D eigenvalue weighted by atomic mass is 10.1. The minimum absolute atomic E-state index is 0.265. The Kier molecular flexibility index (Phi) is 5.35. The molecule has 0 heterocycles. The molecule has 6 heteroatoms. The highest BCUT2D eigenvalue weighted by atomic mass is 79.9. The van der Waals surface area contributed by atoms with E-state index in [-0.39, 0.29) is 11.9 Å². The number of hydrogen-bond donors (Lipinski definition) is 1. The van der Waals surface area contributed by atoms with Crippen molar-refractivity contribution < 1.29 is 4.39 Å². The van der Waals surface area contributed by atoms with Crippen LogP contribution < -0.4 is 5.32 Å². The molecule has 0 aliphatic carbocycles. The van der Waals surface area contributed by atoms with Crippen molar-refractivity contribution in [2.75, 3.05) is 5.32 Å². The molecular weight excluding hydrogens is 432 g/mol. The average molecular weight is 442 g/mol. The molecule has 0 saturated carbocycles. The smallest absolute Gasteiger partial charge is 0.129 e. The first-order valence-electron chi connectivity index (χ1n) is 5.74. The third-order valence-electron chi connectivity index (χ3n) is 2.80. The van der Waals surface area contributed by atoms with Gasteiger partial charge in [0, 0.05) is 14.5 Å². The second kappa shape index (κ2) is 6.65. The normalized spacial score (nSPS) is 12.3. The quantitative estimate of drug-likeness (QED) is 0.550. The average Bonchev–Trinajstić information content (AvgIpc) is 2.33. The van der Waals surface area contributed by atoms with Crippen LogP contribution in [0.4, 0.5) is 10.1 Å². The van der Waals surface area contributed by atoms with Crippen molar-refractivity contribution in [2.24, 2.45) is 0 Å². The van der Waals surface area contributed by atoms with Crippen LogP contribution in [-0.2, 0) is 0 Å². The number of rotatable bonds is 3. The van der Waals surface area contributed by atoms with Gasteiger partial charge in [0.25, 0.3) is 0 Å². The lowest BCUT2D eigenvalue weighted by Crippen LogP contribution is -2.09. The third-order valence-corrected chi connectivity index (χ3v) is 4.34. The van der Waals surface area contributed by atoms with Gasteiger partial charge in [-0.05, 0) is 31.2 Å². The molecule has 0 bridgehead atoms. The minimum Gasteiger partial charge on any atom is -0.376 e. The Labute approximate surface area is 143 Å². The number of anilines is 1. The van der Waals surface area contributed by atoms with E-state index < -0.39 is 0 Å². The summed E-state index contributed by atoms with van der Waals surface area (Å²) in [5, 5.41) is 4.10. The molecule has 0 aliphatic heterocycles. The summed E-state index contributed by atoms with van der Waals surface area (Å²) in [5.41, 5.74) is 1.13. The van der Waals surface area contributed by atoms with E-state index in [1.807, 2.05) is 6.92 Å². The van der Waals surface area contributed by atoms with Crippen LogP contribution in [0.3, 0.4) is 0 Å². The highest BCUT2D eigenvalue weighted by Crippen LogP contribution is 2.36. The number of nitrogens with one attached hydrogen (secondary N) is 1. The van der Waals surface area contributed by atoms with Gasteiger partial charge in [-0.15, -0.1) is 0 Å². The van der Waals surface area contributed by atoms with Gasteiger partial charge in [-0.25, -0.2) is 4.39 Å². The van der Waals surface area contributed by atoms with Crippen molar-refractivity contribution in [2.45, 2.75) is 13.0 Å². The van der Waals surface area contributed by atoms with Crippen molar-refractivity contribution in [3.8, 4) is 0 Å². The molecule has 20 heavy (non-hydrogen) atoms. The zero-order valence-electron chi connectivity index (χ0n) is 10.4. The van der Waals surface area contributed by atoms with E-state index in [1.54, 1.807) is 24.3 Å². The van der Waals surface area contributed by atoms with Gasteiger partial charge >= 0.3 is 0 Å². The van der Waals surface area contributed by atoms with E-state index in [9.17, 15) is 4.39 Å². The highest BCUT2D eigenvalue weighted by Gasteiger charge is 2.15. The van der Waals surface area contributed by atoms with Crippen LogP contribution in [-0.4, -0.2) is 0 Å². The Morgan fingerprint density at radius 1 is 1.05 bits per heavy atom. The monoisotopic (exact) mass is 439 g/mol. The first-order chi connectivity index (χ1) is 9.38. The van der Waals surface area contributed by atoms with Crippen LogP contribution in [0.25, 0.3) is 0 Å². The van der Waals surface area contributed by atoms with Crippen molar-refractivity contribution in [3.63, 3.8) is 0 Å². The Bertz CT molecular complexity index is 626. The van der Waals surface area contributed by atoms with Gasteiger partial charge in [0.05, 0.1) is 21.8 Å². The molecule has 2 aromatic rings. The van der Waals surface area contributed by atoms with Gasteiger partial charge in [-0.1, -0.05) is 61.1 Å². The Morgan fingerprint density at radius 2 is 1.65 bits per heavy atom. The molecule has 0 saturated heterocycles. The van der Waals surface area contributed by atoms with E-state index in [0.29, 0.717) is 25.8 Å². The summed E-state index contributed by atoms with van der Waals surface area (Å²) in [5.74, 6) is -0.288. The largest absolute Gasteiger partial charge is 0.376 e. The van der Waals surface area contributed by atoms with Crippen molar-refractivity contribution in [1.29, 1.82) is 0 Å². The molecular formula is C14H10Br2Cl2FN. The molecule has 1 N–H and O–H groups in total. The second-order valence-corrected chi connectivity index (χ2v) is 6.92. The van der Waals surface area contributed by atoms with E-state index in [0.717, 1.165) is 4.47 Å². The summed E-state index contributed by atoms with van der Waals surface area (Å²) in [6.45, 7) is 1.85. The SMILES string of the molecule is CC(Nc1c(Cl)cc(Br)cc1Cl)c1ccc(Br)cc1F. The van der Waals surface area contributed by atoms with Crippen LogP contribution in [0.2, 0.25) is 10.0 Å². The van der Waals surface area contributed by atoms with Crippen LogP contribution in [0.1, 0.15) is 18.5 Å². The van der Waals surface area contributed by atoms with Gasteiger partial charge in [0.15, 0.2) is 0 Å². The highest BCUT2D eigenvalue weighted by molar-refractivity contribution is 9.10. The standard InChI is InChI=1S/C14H10Br2Cl2FN/c1-7(10-3-2-8(15)6-13(10)19)20-14-11(17)4-9(16)5-12(14)18/h2-7,20H,1H3. The van der Waals surface area contributed by atoms with Crippen LogP contribution in [0.15, 0.2) is 39.3 Å². The Hall–Kier alpha value is -0.290. The van der Waals surface area contributed by atoms with E-state index in [4.69, 9.17) is 23.2 Å². The first kappa shape index (κ1) is 16.1. The molecule has 1 unspecified atom stereocenters. The summed E-state index contributed by atoms with van der Waals surface area (Å²) >= 11 is 18.9. The summed E-state index contributed by atoms with van der Waals surface area (Å²) in [7, 11) is 0. The second-order valence-electron chi connectivity index (χ2n) is 4.28. The van der Waals surface area contributed by atoms with Crippen LogP contribution in [0.5, 0.6) is 0 Å². The molecule has 0 aromatic heterocycles. The van der Waals surface area contributed by atoms with Crippen molar-refractivity contribution >= 4 is 60.7 Å². The summed E-state index contributed by atoms with van der Waals surface area (Å²) < 4.78 is 15.4. The maximum absolute atomic E-state index is 13.9. The zero-order chi connectivity index (χ0) is 14.9. The Morgan fingerprint density at radius 3 is 2.20 bits per heavy atom. The minimum atomic E-state index is -0.288. The molecule has 0 spiro atoms. The summed E-state index contributed by atoms with van der Waals surface area (Å²) in [6, 6.07) is 8.15. The van der Waals surface area contributed by atoms with Crippen LogP contribution >= 0.6 is 55.1 Å². The first-order valence-corrected chi connectivity index (χ1v) is 8.08. The lowest BCUT2D eigenvalue weighted by Gasteiger charge is -2.19. The topological polar surface area (TPSA) is 12.0 Å². The maximum Gasteiger partial charge on any atom is 0.129 e. The van der Waals surface area contributed by atoms with Crippen molar-refractivity contribution in [3.05, 3.63) is 60.7 Å².